The molecule has 1 fully saturated rings. The summed E-state index contributed by atoms with van der Waals surface area (Å²) in [6.45, 7) is 9.36. The van der Waals surface area contributed by atoms with Crippen LogP contribution in [-0.2, 0) is 7.05 Å². The summed E-state index contributed by atoms with van der Waals surface area (Å²) >= 11 is 1.47. The predicted molar refractivity (Wildman–Crippen MR) is 161 cm³/mol. The SMILES string of the molecule is Cn1cc(-c2cc3c(N4CCN(c5ncc(/C(=N\SC(C)(C)C)c6ccc(F)cc6)cn5)CC4)ncnn3c2)cn1. The van der Waals surface area contributed by atoms with E-state index >= 15 is 0 Å². The van der Waals surface area contributed by atoms with Gasteiger partial charge in [0.25, 0.3) is 0 Å². The van der Waals surface area contributed by atoms with Crippen LogP contribution in [0.4, 0.5) is 16.2 Å². The maximum Gasteiger partial charge on any atom is 0.225 e. The van der Waals surface area contributed by atoms with E-state index in [0.29, 0.717) is 5.95 Å². The van der Waals surface area contributed by atoms with Gasteiger partial charge in [0.15, 0.2) is 5.82 Å². The zero-order chi connectivity index (χ0) is 28.6. The van der Waals surface area contributed by atoms with Gasteiger partial charge >= 0.3 is 0 Å². The molecule has 0 N–H and O–H groups in total. The fraction of sp³-hybridized carbons (Fsp3) is 0.310. The maximum absolute atomic E-state index is 13.6. The first-order valence-corrected chi connectivity index (χ1v) is 14.2. The number of hydrogen-bond acceptors (Lipinski definition) is 9. The Hall–Kier alpha value is -4.32. The number of anilines is 2. The summed E-state index contributed by atoms with van der Waals surface area (Å²) < 4.78 is 22.0. The lowest BCUT2D eigenvalue weighted by Gasteiger charge is -2.35. The third-order valence-electron chi connectivity index (χ3n) is 6.73. The normalized spacial score (nSPS) is 14.7. The van der Waals surface area contributed by atoms with Crippen molar-refractivity contribution in [1.29, 1.82) is 0 Å². The van der Waals surface area contributed by atoms with Crippen molar-refractivity contribution in [2.75, 3.05) is 36.0 Å². The lowest BCUT2D eigenvalue weighted by molar-refractivity contribution is 0.628. The Morgan fingerprint density at radius 2 is 1.56 bits per heavy atom. The van der Waals surface area contributed by atoms with Crippen LogP contribution < -0.4 is 9.80 Å². The second kappa shape index (κ2) is 10.9. The van der Waals surface area contributed by atoms with Gasteiger partial charge in [0, 0.05) is 85.0 Å². The highest BCUT2D eigenvalue weighted by Crippen LogP contribution is 2.28. The lowest BCUT2D eigenvalue weighted by atomic mass is 10.1. The molecule has 6 rings (SSSR count). The number of piperazine rings is 1. The van der Waals surface area contributed by atoms with Crippen LogP contribution in [0.1, 0.15) is 31.9 Å². The molecule has 0 amide bonds. The molecule has 4 aromatic heterocycles. The molecule has 1 aliphatic rings. The van der Waals surface area contributed by atoms with Gasteiger partial charge in [0.05, 0.1) is 11.9 Å². The number of nitrogens with zero attached hydrogens (tertiary/aromatic N) is 10. The minimum absolute atomic E-state index is 0.0673. The van der Waals surface area contributed by atoms with Gasteiger partial charge in [0.1, 0.15) is 17.7 Å². The summed E-state index contributed by atoms with van der Waals surface area (Å²) in [6.07, 6.45) is 11.0. The van der Waals surface area contributed by atoms with Crippen molar-refractivity contribution in [2.24, 2.45) is 11.4 Å². The van der Waals surface area contributed by atoms with Gasteiger partial charge in [-0.3, -0.25) is 4.68 Å². The topological polar surface area (TPSA) is 92.6 Å². The van der Waals surface area contributed by atoms with Crippen molar-refractivity contribution >= 4 is 34.9 Å². The van der Waals surface area contributed by atoms with E-state index in [1.54, 1.807) is 35.5 Å². The highest BCUT2D eigenvalue weighted by Gasteiger charge is 2.23. The molecule has 5 aromatic rings. The molecule has 0 radical (unpaired) electrons. The molecule has 210 valence electrons. The molecule has 5 heterocycles. The molecule has 0 atom stereocenters. The van der Waals surface area contributed by atoms with Gasteiger partial charge in [-0.25, -0.2) is 28.3 Å². The van der Waals surface area contributed by atoms with E-state index in [1.807, 2.05) is 30.2 Å². The molecular formula is C29H31FN10S. The monoisotopic (exact) mass is 570 g/mol. The smallest absolute Gasteiger partial charge is 0.225 e. The van der Waals surface area contributed by atoms with E-state index < -0.39 is 0 Å². The van der Waals surface area contributed by atoms with Gasteiger partial charge in [-0.05, 0) is 63.1 Å². The Labute approximate surface area is 242 Å². The van der Waals surface area contributed by atoms with Crippen LogP contribution in [0.15, 0.2) is 72.0 Å². The van der Waals surface area contributed by atoms with Crippen LogP contribution in [0.5, 0.6) is 0 Å². The molecule has 0 aliphatic carbocycles. The minimum Gasteiger partial charge on any atom is -0.351 e. The van der Waals surface area contributed by atoms with Crippen LogP contribution in [0.25, 0.3) is 16.6 Å². The number of aryl methyl sites for hydroxylation is 1. The van der Waals surface area contributed by atoms with Crippen molar-refractivity contribution in [1.82, 2.24) is 34.3 Å². The Bertz CT molecular complexity index is 1680. The van der Waals surface area contributed by atoms with Crippen LogP contribution in [0, 0.1) is 5.82 Å². The zero-order valence-corrected chi connectivity index (χ0v) is 24.3. The van der Waals surface area contributed by atoms with Crippen molar-refractivity contribution in [2.45, 2.75) is 25.5 Å². The van der Waals surface area contributed by atoms with Gasteiger partial charge in [-0.1, -0.05) is 0 Å². The Balaban J connectivity index is 1.18. The Kier molecular flexibility index (Phi) is 7.16. The molecule has 41 heavy (non-hydrogen) atoms. The van der Waals surface area contributed by atoms with E-state index in [9.17, 15) is 4.39 Å². The maximum atomic E-state index is 13.6. The number of benzene rings is 1. The molecule has 10 nitrogen and oxygen atoms in total. The quantitative estimate of drug-likeness (QED) is 0.215. The van der Waals surface area contributed by atoms with Gasteiger partial charge in [-0.2, -0.15) is 10.2 Å². The number of hydrogen-bond donors (Lipinski definition) is 0. The summed E-state index contributed by atoms with van der Waals surface area (Å²) in [5, 5.41) is 8.71. The summed E-state index contributed by atoms with van der Waals surface area (Å²) in [5.41, 5.74) is 5.39. The summed E-state index contributed by atoms with van der Waals surface area (Å²) in [7, 11) is 1.91. The van der Waals surface area contributed by atoms with Crippen molar-refractivity contribution in [3.05, 3.63) is 84.6 Å². The molecule has 0 unspecified atom stereocenters. The first-order chi connectivity index (χ1) is 19.7. The zero-order valence-electron chi connectivity index (χ0n) is 23.4. The predicted octanol–water partition coefficient (Wildman–Crippen LogP) is 4.67. The fourth-order valence-electron chi connectivity index (χ4n) is 4.68. The largest absolute Gasteiger partial charge is 0.351 e. The third-order valence-corrected chi connectivity index (χ3v) is 7.55. The Morgan fingerprint density at radius 3 is 2.22 bits per heavy atom. The third kappa shape index (κ3) is 5.92. The van der Waals surface area contributed by atoms with E-state index in [4.69, 9.17) is 14.4 Å². The lowest BCUT2D eigenvalue weighted by Crippen LogP contribution is -2.47. The molecular weight excluding hydrogens is 539 g/mol. The number of fused-ring (bicyclic) bond motifs is 1. The summed E-state index contributed by atoms with van der Waals surface area (Å²) in [4.78, 5) is 18.5. The molecule has 1 aromatic carbocycles. The van der Waals surface area contributed by atoms with Crippen LogP contribution in [0.2, 0.25) is 0 Å². The second-order valence-corrected chi connectivity index (χ2v) is 12.5. The summed E-state index contributed by atoms with van der Waals surface area (Å²) in [6, 6.07) is 8.47. The van der Waals surface area contributed by atoms with Gasteiger partial charge < -0.3 is 9.80 Å². The van der Waals surface area contributed by atoms with E-state index in [2.05, 4.69) is 51.8 Å². The first-order valence-electron chi connectivity index (χ1n) is 13.4. The fourth-order valence-corrected chi connectivity index (χ4v) is 5.25. The molecule has 0 saturated carbocycles. The van der Waals surface area contributed by atoms with E-state index in [1.165, 1.54) is 24.1 Å². The van der Waals surface area contributed by atoms with Crippen molar-refractivity contribution < 1.29 is 4.39 Å². The van der Waals surface area contributed by atoms with Crippen molar-refractivity contribution in [3.63, 3.8) is 0 Å². The second-order valence-electron chi connectivity index (χ2n) is 10.9. The summed E-state index contributed by atoms with van der Waals surface area (Å²) in [5.74, 6) is 1.29. The standard InChI is InChI=1S/C29H31FN10S/c1-29(2,3)41-36-26(20-5-7-24(30)8-6-20)22-14-31-28(32-15-22)39-11-9-38(10-12-39)27-25-13-21(18-40(25)35-19-33-27)23-16-34-37(4)17-23/h5-8,13-19H,9-12H2,1-4H3/b36-26-. The van der Waals surface area contributed by atoms with Crippen LogP contribution in [-0.4, -0.2) is 71.0 Å². The van der Waals surface area contributed by atoms with Gasteiger partial charge in [-0.15, -0.1) is 0 Å². The van der Waals surface area contributed by atoms with Gasteiger partial charge in [0.2, 0.25) is 5.95 Å². The highest BCUT2D eigenvalue weighted by molar-refractivity contribution is 7.99. The number of aromatic nitrogens is 7. The van der Waals surface area contributed by atoms with Crippen LogP contribution in [0.3, 0.4) is 0 Å². The molecule has 1 aliphatic heterocycles. The first kappa shape index (κ1) is 26.9. The van der Waals surface area contributed by atoms with Crippen LogP contribution >= 0.6 is 11.9 Å². The minimum atomic E-state index is -0.282. The molecule has 1 saturated heterocycles. The Morgan fingerprint density at radius 1 is 0.854 bits per heavy atom. The van der Waals surface area contributed by atoms with Crippen molar-refractivity contribution in [3.8, 4) is 11.1 Å². The number of halogens is 1. The number of rotatable bonds is 6. The molecule has 12 heteroatoms. The molecule has 0 spiro atoms. The van der Waals surface area contributed by atoms with E-state index in [0.717, 1.165) is 65.5 Å². The van der Waals surface area contributed by atoms with E-state index in [-0.39, 0.29) is 10.6 Å². The molecule has 0 bridgehead atoms. The average molecular weight is 571 g/mol. The highest BCUT2D eigenvalue weighted by atomic mass is 32.2. The average Bonchev–Trinajstić information content (AvgIpc) is 3.60.